The third-order valence-corrected chi connectivity index (χ3v) is 3.47. The fourth-order valence-electron chi connectivity index (χ4n) is 2.40. The van der Waals surface area contributed by atoms with Gasteiger partial charge in [0.05, 0.1) is 14.2 Å². The topological polar surface area (TPSA) is 71.0 Å². The second-order valence-electron chi connectivity index (χ2n) is 4.71. The van der Waals surface area contributed by atoms with Crippen LogP contribution in [0.3, 0.4) is 0 Å². The van der Waals surface area contributed by atoms with Crippen LogP contribution >= 0.6 is 0 Å². The van der Waals surface area contributed by atoms with E-state index in [1.54, 1.807) is 19.2 Å². The smallest absolute Gasteiger partial charge is 0.322 e. The van der Waals surface area contributed by atoms with E-state index in [4.69, 9.17) is 14.6 Å². The molecule has 0 spiro atoms. The lowest BCUT2D eigenvalue weighted by atomic mass is 10.2. The quantitative estimate of drug-likeness (QED) is 0.817. The molecule has 20 heavy (non-hydrogen) atoms. The molecule has 1 heterocycles. The number of carboxylic acid groups (broad SMARTS) is 1. The molecule has 6 heteroatoms. The van der Waals surface area contributed by atoms with Gasteiger partial charge in [-0.25, -0.2) is 10.4 Å². The minimum absolute atomic E-state index is 0.435. The lowest BCUT2D eigenvalue weighted by Gasteiger charge is -2.22. The summed E-state index contributed by atoms with van der Waals surface area (Å²) in [5.74, 6) is 0.575. The van der Waals surface area contributed by atoms with Crippen LogP contribution in [0.1, 0.15) is 18.4 Å². The molecule has 0 saturated carbocycles. The summed E-state index contributed by atoms with van der Waals surface area (Å²) in [6, 6.07) is 5.22. The molecule has 1 aliphatic heterocycles. The van der Waals surface area contributed by atoms with Gasteiger partial charge < -0.3 is 14.6 Å². The number of hydrogen-bond donors (Lipinski definition) is 2. The minimum atomic E-state index is -0.776. The monoisotopic (exact) mass is 280 g/mol. The molecule has 0 aromatic heterocycles. The van der Waals surface area contributed by atoms with Crippen molar-refractivity contribution in [1.82, 2.24) is 10.4 Å². The number of nitrogens with zero attached hydrogens (tertiary/aromatic N) is 1. The van der Waals surface area contributed by atoms with Crippen molar-refractivity contribution in [2.24, 2.45) is 0 Å². The Hall–Kier alpha value is -1.79. The molecule has 0 amide bonds. The highest BCUT2D eigenvalue weighted by molar-refractivity contribution is 5.73. The zero-order valence-electron chi connectivity index (χ0n) is 11.8. The van der Waals surface area contributed by atoms with Crippen molar-refractivity contribution in [3.05, 3.63) is 23.8 Å². The van der Waals surface area contributed by atoms with Crippen LogP contribution in [0.15, 0.2) is 18.2 Å². The summed E-state index contributed by atoms with van der Waals surface area (Å²) in [4.78, 5) is 11.1. The maximum absolute atomic E-state index is 11.1. The Morgan fingerprint density at radius 2 is 2.15 bits per heavy atom. The van der Waals surface area contributed by atoms with Gasteiger partial charge in [-0.2, -0.15) is 0 Å². The van der Waals surface area contributed by atoms with Gasteiger partial charge in [0.15, 0.2) is 11.5 Å². The van der Waals surface area contributed by atoms with Crippen LogP contribution in [0.5, 0.6) is 11.5 Å². The number of benzene rings is 1. The summed E-state index contributed by atoms with van der Waals surface area (Å²) in [7, 11) is 3.19. The van der Waals surface area contributed by atoms with Crippen LogP contribution in [-0.2, 0) is 11.3 Å². The molecule has 6 nitrogen and oxygen atoms in total. The average molecular weight is 280 g/mol. The fraction of sp³-hybridized carbons (Fsp3) is 0.500. The normalized spacial score (nSPS) is 19.0. The highest BCUT2D eigenvalue weighted by Gasteiger charge is 2.30. The number of hydrazine groups is 1. The van der Waals surface area contributed by atoms with Crippen molar-refractivity contribution in [3.63, 3.8) is 0 Å². The molecule has 1 saturated heterocycles. The number of hydrogen-bond acceptors (Lipinski definition) is 5. The number of nitrogens with one attached hydrogen (secondary N) is 1. The summed E-state index contributed by atoms with van der Waals surface area (Å²) >= 11 is 0. The molecule has 2 rings (SSSR count). The number of carboxylic acids is 1. The summed E-state index contributed by atoms with van der Waals surface area (Å²) in [6.45, 7) is 1.31. The molecule has 2 N–H and O–H groups in total. The van der Waals surface area contributed by atoms with Crippen molar-refractivity contribution in [1.29, 1.82) is 0 Å². The van der Waals surface area contributed by atoms with E-state index in [9.17, 15) is 4.79 Å². The van der Waals surface area contributed by atoms with Crippen LogP contribution in [0, 0.1) is 0 Å². The van der Waals surface area contributed by atoms with E-state index < -0.39 is 12.0 Å². The number of rotatable bonds is 6. The minimum Gasteiger partial charge on any atom is -0.493 e. The van der Waals surface area contributed by atoms with Gasteiger partial charge in [-0.05, 0) is 30.5 Å². The van der Waals surface area contributed by atoms with Crippen LogP contribution in [-0.4, -0.2) is 42.9 Å². The van der Waals surface area contributed by atoms with Crippen molar-refractivity contribution >= 4 is 5.97 Å². The molecule has 1 aromatic carbocycles. The Morgan fingerprint density at radius 3 is 2.80 bits per heavy atom. The molecule has 1 fully saturated rings. The third kappa shape index (κ3) is 3.20. The largest absolute Gasteiger partial charge is 0.493 e. The Labute approximate surface area is 118 Å². The summed E-state index contributed by atoms with van der Waals surface area (Å²) in [6.07, 6.45) is 1.59. The van der Waals surface area contributed by atoms with E-state index in [-0.39, 0.29) is 0 Å². The zero-order valence-corrected chi connectivity index (χ0v) is 11.8. The predicted molar refractivity (Wildman–Crippen MR) is 73.7 cm³/mol. The molecule has 0 radical (unpaired) electrons. The van der Waals surface area contributed by atoms with Gasteiger partial charge in [-0.15, -0.1) is 0 Å². The summed E-state index contributed by atoms with van der Waals surface area (Å²) < 4.78 is 10.4. The average Bonchev–Trinajstić information content (AvgIpc) is 2.93. The maximum Gasteiger partial charge on any atom is 0.322 e. The molecular weight excluding hydrogens is 260 g/mol. The number of methoxy groups -OCH3 is 2. The van der Waals surface area contributed by atoms with Gasteiger partial charge in [0.1, 0.15) is 6.04 Å². The fourth-order valence-corrected chi connectivity index (χ4v) is 2.40. The van der Waals surface area contributed by atoms with Crippen molar-refractivity contribution < 1.29 is 19.4 Å². The second-order valence-corrected chi connectivity index (χ2v) is 4.71. The Bertz CT molecular complexity index is 478. The lowest BCUT2D eigenvalue weighted by Crippen LogP contribution is -2.45. The van der Waals surface area contributed by atoms with Crippen LogP contribution in [0.25, 0.3) is 0 Å². The standard InChI is InChI=1S/C14H20N2O4/c1-19-12-6-5-10(8-13(12)20-2)9-15-16-7-3-4-11(16)14(17)18/h5-6,8,11,15H,3-4,7,9H2,1-2H3,(H,17,18). The molecule has 0 bridgehead atoms. The van der Waals surface area contributed by atoms with Crippen LogP contribution < -0.4 is 14.9 Å². The zero-order chi connectivity index (χ0) is 14.5. The SMILES string of the molecule is COc1ccc(CNN2CCCC2C(=O)O)cc1OC. The first kappa shape index (κ1) is 14.6. The predicted octanol–water partition coefficient (Wildman–Crippen LogP) is 1.26. The molecule has 1 atom stereocenters. The first-order valence-electron chi connectivity index (χ1n) is 6.59. The maximum atomic E-state index is 11.1. The van der Waals surface area contributed by atoms with Gasteiger partial charge >= 0.3 is 5.97 Å². The van der Waals surface area contributed by atoms with Crippen LogP contribution in [0.2, 0.25) is 0 Å². The molecule has 1 aliphatic rings. The van der Waals surface area contributed by atoms with Gasteiger partial charge in [-0.1, -0.05) is 6.07 Å². The first-order valence-corrected chi connectivity index (χ1v) is 6.59. The van der Waals surface area contributed by atoms with E-state index >= 15 is 0 Å². The van der Waals surface area contributed by atoms with Gasteiger partial charge in [0, 0.05) is 13.1 Å². The van der Waals surface area contributed by atoms with Crippen molar-refractivity contribution in [3.8, 4) is 11.5 Å². The van der Waals surface area contributed by atoms with E-state index in [2.05, 4.69) is 5.43 Å². The van der Waals surface area contributed by atoms with Crippen molar-refractivity contribution in [2.75, 3.05) is 20.8 Å². The van der Waals surface area contributed by atoms with Crippen LogP contribution in [0.4, 0.5) is 0 Å². The van der Waals surface area contributed by atoms with E-state index in [1.807, 2.05) is 18.2 Å². The lowest BCUT2D eigenvalue weighted by molar-refractivity contribution is -0.143. The van der Waals surface area contributed by atoms with Gasteiger partial charge in [0.25, 0.3) is 0 Å². The molecule has 0 aliphatic carbocycles. The summed E-state index contributed by atoms with van der Waals surface area (Å²) in [5, 5.41) is 10.9. The number of carbonyl (C=O) groups is 1. The third-order valence-electron chi connectivity index (χ3n) is 3.47. The molecule has 110 valence electrons. The Morgan fingerprint density at radius 1 is 1.40 bits per heavy atom. The van der Waals surface area contributed by atoms with Crippen molar-refractivity contribution in [2.45, 2.75) is 25.4 Å². The highest BCUT2D eigenvalue weighted by atomic mass is 16.5. The molecule has 1 unspecified atom stereocenters. The first-order chi connectivity index (χ1) is 9.65. The number of aliphatic carboxylic acids is 1. The second kappa shape index (κ2) is 6.58. The van der Waals surface area contributed by atoms with E-state index in [0.717, 1.165) is 18.5 Å². The van der Waals surface area contributed by atoms with E-state index in [1.165, 1.54) is 0 Å². The summed E-state index contributed by atoms with van der Waals surface area (Å²) in [5.41, 5.74) is 4.19. The Kier molecular flexibility index (Phi) is 4.81. The Balaban J connectivity index is 1.98. The number of ether oxygens (including phenoxy) is 2. The van der Waals surface area contributed by atoms with Gasteiger partial charge in [-0.3, -0.25) is 4.79 Å². The molecular formula is C14H20N2O4. The van der Waals surface area contributed by atoms with E-state index in [0.29, 0.717) is 24.5 Å². The highest BCUT2D eigenvalue weighted by Crippen LogP contribution is 2.27. The van der Waals surface area contributed by atoms with Gasteiger partial charge in [0.2, 0.25) is 0 Å². The molecule has 1 aromatic rings.